The van der Waals surface area contributed by atoms with Gasteiger partial charge in [-0.15, -0.1) is 0 Å². The Morgan fingerprint density at radius 1 is 1.08 bits per heavy atom. The summed E-state index contributed by atoms with van der Waals surface area (Å²) in [4.78, 5) is 23.5. The van der Waals surface area contributed by atoms with Gasteiger partial charge in [-0.2, -0.15) is 18.2 Å². The maximum absolute atomic E-state index is 13.1. The molecule has 202 valence electrons. The Bertz CT molecular complexity index is 1300. The summed E-state index contributed by atoms with van der Waals surface area (Å²) < 4.78 is 50.8. The molecule has 0 N–H and O–H groups in total. The molecule has 38 heavy (non-hydrogen) atoms. The third-order valence-corrected chi connectivity index (χ3v) is 8.06. The van der Waals surface area contributed by atoms with Gasteiger partial charge in [-0.3, -0.25) is 9.80 Å². The van der Waals surface area contributed by atoms with Gasteiger partial charge in [0, 0.05) is 38.1 Å². The molecule has 3 aliphatic rings. The number of benzene rings is 2. The van der Waals surface area contributed by atoms with Gasteiger partial charge < -0.3 is 14.1 Å². The summed E-state index contributed by atoms with van der Waals surface area (Å²) in [6.07, 6.45) is -3.02. The predicted octanol–water partition coefficient (Wildman–Crippen LogP) is 5.55. The van der Waals surface area contributed by atoms with Crippen molar-refractivity contribution < 1.29 is 27.1 Å². The van der Waals surface area contributed by atoms with Crippen LogP contribution >= 0.6 is 0 Å². The molecule has 10 heteroatoms. The molecular weight excluding hydrogens is 497 g/mol. The number of alkyl halides is 3. The molecule has 0 bridgehead atoms. The Kier molecular flexibility index (Phi) is 6.05. The fourth-order valence-electron chi connectivity index (χ4n) is 6.37. The molecule has 1 spiro atoms. The van der Waals surface area contributed by atoms with Crippen LogP contribution in [-0.4, -0.2) is 65.2 Å². The minimum Gasteiger partial charge on any atom is -0.446 e. The van der Waals surface area contributed by atoms with Gasteiger partial charge in [0.2, 0.25) is 0 Å². The molecule has 1 aromatic heterocycles. The van der Waals surface area contributed by atoms with E-state index < -0.39 is 11.7 Å². The van der Waals surface area contributed by atoms with Crippen LogP contribution in [0, 0.1) is 5.41 Å². The fraction of sp³-hybridized carbons (Fsp3) is 0.500. The van der Waals surface area contributed by atoms with Crippen molar-refractivity contribution >= 4 is 23.2 Å². The Hall–Kier alpha value is -3.27. The molecule has 7 nitrogen and oxygen atoms in total. The van der Waals surface area contributed by atoms with Gasteiger partial charge in [-0.1, -0.05) is 30.3 Å². The summed E-state index contributed by atoms with van der Waals surface area (Å²) in [6.45, 7) is 7.79. The maximum Gasteiger partial charge on any atom is 0.416 e. The van der Waals surface area contributed by atoms with E-state index in [1.165, 1.54) is 11.6 Å². The van der Waals surface area contributed by atoms with Crippen LogP contribution < -0.4 is 4.90 Å². The van der Waals surface area contributed by atoms with Crippen LogP contribution in [0.3, 0.4) is 0 Å². The van der Waals surface area contributed by atoms with Crippen molar-refractivity contribution in [3.63, 3.8) is 0 Å². The monoisotopic (exact) mass is 528 g/mol. The maximum atomic E-state index is 13.1. The molecule has 6 rings (SSSR count). The summed E-state index contributed by atoms with van der Waals surface area (Å²) in [5.74, 6) is 0. The van der Waals surface area contributed by atoms with Crippen LogP contribution in [0.15, 0.2) is 52.9 Å². The number of aromatic nitrogens is 1. The zero-order valence-corrected chi connectivity index (χ0v) is 21.4. The zero-order valence-electron chi connectivity index (χ0n) is 21.4. The molecule has 3 heterocycles. The van der Waals surface area contributed by atoms with Crippen molar-refractivity contribution in [2.45, 2.75) is 57.6 Å². The highest BCUT2D eigenvalue weighted by atomic mass is 19.4. The lowest BCUT2D eigenvalue weighted by atomic mass is 9.61. The first-order chi connectivity index (χ1) is 18.1. The number of ether oxygens (including phenoxy) is 1. The summed E-state index contributed by atoms with van der Waals surface area (Å²) in [7, 11) is 0. The van der Waals surface area contributed by atoms with Gasteiger partial charge in [0.05, 0.1) is 17.6 Å². The second-order valence-corrected chi connectivity index (χ2v) is 11.2. The number of amides is 1. The van der Waals surface area contributed by atoms with E-state index in [2.05, 4.69) is 34.1 Å². The Morgan fingerprint density at radius 3 is 2.42 bits per heavy atom. The van der Waals surface area contributed by atoms with E-state index in [9.17, 15) is 18.0 Å². The number of oxazole rings is 1. The standard InChI is InChI=1S/C28H31F3N4O3/c1-18-13-34(25-32-23-9-8-21(28(29,30)31)10-24(23)38-25)14-19(2)35(18)26(36)37-22-11-27(12-22)16-33(17-27)15-20-6-4-3-5-7-20/h3-10,18-19,22H,11-17H2,1-2H3/t18-,19-/m1/s1. The van der Waals surface area contributed by atoms with E-state index in [-0.39, 0.29) is 41.3 Å². The van der Waals surface area contributed by atoms with Crippen LogP contribution in [0.2, 0.25) is 0 Å². The molecule has 0 radical (unpaired) electrons. The molecule has 0 unspecified atom stereocenters. The highest BCUT2D eigenvalue weighted by Gasteiger charge is 2.54. The van der Waals surface area contributed by atoms with Crippen molar-refractivity contribution in [3.05, 3.63) is 59.7 Å². The highest BCUT2D eigenvalue weighted by molar-refractivity contribution is 5.76. The average molecular weight is 529 g/mol. The number of hydrogen-bond acceptors (Lipinski definition) is 6. The third-order valence-electron chi connectivity index (χ3n) is 8.06. The molecule has 1 amide bonds. The second kappa shape index (κ2) is 9.18. The van der Waals surface area contributed by atoms with Gasteiger partial charge in [0.25, 0.3) is 6.01 Å². The number of nitrogens with zero attached hydrogens (tertiary/aromatic N) is 4. The second-order valence-electron chi connectivity index (χ2n) is 11.2. The summed E-state index contributed by atoms with van der Waals surface area (Å²) in [5, 5.41) is 0. The van der Waals surface area contributed by atoms with Crippen LogP contribution in [0.4, 0.5) is 24.0 Å². The van der Waals surface area contributed by atoms with Gasteiger partial charge in [0.1, 0.15) is 11.6 Å². The average Bonchev–Trinajstić information content (AvgIpc) is 3.24. The highest BCUT2D eigenvalue weighted by Crippen LogP contribution is 2.50. The van der Waals surface area contributed by atoms with Crippen LogP contribution in [0.5, 0.6) is 0 Å². The Labute approximate surface area is 219 Å². The number of anilines is 1. The van der Waals surface area contributed by atoms with Crippen LogP contribution in [0.25, 0.3) is 11.1 Å². The number of likely N-dealkylation sites (tertiary alicyclic amines) is 1. The largest absolute Gasteiger partial charge is 0.446 e. The number of piperazine rings is 1. The van der Waals surface area contributed by atoms with Gasteiger partial charge in [0.15, 0.2) is 5.58 Å². The summed E-state index contributed by atoms with van der Waals surface area (Å²) in [6, 6.07) is 13.6. The third kappa shape index (κ3) is 4.70. The number of carbonyl (C=O) groups excluding carboxylic acids is 1. The van der Waals surface area contributed by atoms with Crippen molar-refractivity contribution in [2.75, 3.05) is 31.1 Å². The predicted molar refractivity (Wildman–Crippen MR) is 136 cm³/mol. The number of fused-ring (bicyclic) bond motifs is 1. The van der Waals surface area contributed by atoms with Crippen molar-refractivity contribution in [3.8, 4) is 0 Å². The number of carbonyl (C=O) groups is 1. The number of hydrogen-bond donors (Lipinski definition) is 0. The normalized spacial score (nSPS) is 23.9. The molecule has 2 aromatic carbocycles. The van der Waals surface area contributed by atoms with E-state index in [0.717, 1.165) is 44.6 Å². The quantitative estimate of drug-likeness (QED) is 0.443. The lowest BCUT2D eigenvalue weighted by Crippen LogP contribution is -2.65. The molecule has 1 aliphatic carbocycles. The molecule has 2 atom stereocenters. The van der Waals surface area contributed by atoms with Gasteiger partial charge in [-0.25, -0.2) is 4.79 Å². The molecule has 1 saturated carbocycles. The SMILES string of the molecule is C[C@@H]1CN(c2nc3ccc(C(F)(F)F)cc3o2)C[C@@H](C)N1C(=O)OC1CC2(C1)CN(Cc1ccccc1)C2. The van der Waals surface area contributed by atoms with Crippen molar-refractivity contribution in [1.82, 2.24) is 14.8 Å². The van der Waals surface area contributed by atoms with Crippen LogP contribution in [0.1, 0.15) is 37.8 Å². The number of rotatable bonds is 4. The van der Waals surface area contributed by atoms with E-state index in [4.69, 9.17) is 9.15 Å². The molecular formula is C28H31F3N4O3. The summed E-state index contributed by atoms with van der Waals surface area (Å²) in [5.41, 5.74) is 1.28. The van der Waals surface area contributed by atoms with E-state index in [1.807, 2.05) is 24.8 Å². The van der Waals surface area contributed by atoms with Crippen molar-refractivity contribution in [2.24, 2.45) is 5.41 Å². The van der Waals surface area contributed by atoms with Crippen LogP contribution in [-0.2, 0) is 17.5 Å². The molecule has 3 fully saturated rings. The Morgan fingerprint density at radius 2 is 1.76 bits per heavy atom. The zero-order chi connectivity index (χ0) is 26.7. The molecule has 3 aromatic rings. The first-order valence-electron chi connectivity index (χ1n) is 13.1. The topological polar surface area (TPSA) is 62.1 Å². The lowest BCUT2D eigenvalue weighted by molar-refractivity contribution is -0.138. The fourth-order valence-corrected chi connectivity index (χ4v) is 6.37. The first kappa shape index (κ1) is 25.0. The smallest absolute Gasteiger partial charge is 0.416 e. The van der Waals surface area contributed by atoms with E-state index in [1.54, 1.807) is 4.90 Å². The Balaban J connectivity index is 1.02. The first-order valence-corrected chi connectivity index (χ1v) is 13.1. The minimum absolute atomic E-state index is 0.0568. The van der Waals surface area contributed by atoms with Gasteiger partial charge in [-0.05, 0) is 50.5 Å². The van der Waals surface area contributed by atoms with Crippen molar-refractivity contribution in [1.29, 1.82) is 0 Å². The lowest BCUT2D eigenvalue weighted by Gasteiger charge is -2.58. The molecule has 2 saturated heterocycles. The van der Waals surface area contributed by atoms with E-state index >= 15 is 0 Å². The van der Waals surface area contributed by atoms with Gasteiger partial charge >= 0.3 is 12.3 Å². The molecule has 2 aliphatic heterocycles. The minimum atomic E-state index is -4.45. The van der Waals surface area contributed by atoms with E-state index in [0.29, 0.717) is 18.6 Å². The summed E-state index contributed by atoms with van der Waals surface area (Å²) >= 11 is 0. The number of halogens is 3.